The van der Waals surface area contributed by atoms with E-state index >= 15 is 0 Å². The van der Waals surface area contributed by atoms with Gasteiger partial charge in [0.05, 0.1) is 12.8 Å². The van der Waals surface area contributed by atoms with Gasteiger partial charge < -0.3 is 20.8 Å². The Labute approximate surface area is 179 Å². The quantitative estimate of drug-likeness (QED) is 0.273. The van der Waals surface area contributed by atoms with Crippen molar-refractivity contribution in [3.8, 4) is 17.1 Å². The summed E-state index contributed by atoms with van der Waals surface area (Å²) in [4.78, 5) is 15.6. The summed E-state index contributed by atoms with van der Waals surface area (Å²) in [6.07, 6.45) is 2.41. The van der Waals surface area contributed by atoms with Crippen LogP contribution in [0.3, 0.4) is 0 Å². The number of aromatic nitrogens is 3. The number of fused-ring (bicyclic) bond motifs is 1. The number of hydrogen-bond acceptors (Lipinski definition) is 5. The van der Waals surface area contributed by atoms with E-state index < -0.39 is 0 Å². The lowest BCUT2D eigenvalue weighted by atomic mass is 10.1. The lowest BCUT2D eigenvalue weighted by Crippen LogP contribution is -2.25. The predicted octanol–water partition coefficient (Wildman–Crippen LogP) is 2.89. The molecule has 4 rings (SSSR count). The summed E-state index contributed by atoms with van der Waals surface area (Å²) in [7, 11) is 1.54. The Balaban J connectivity index is 1.37. The smallest absolute Gasteiger partial charge is 0.251 e. The van der Waals surface area contributed by atoms with E-state index in [4.69, 9.17) is 15.9 Å². The van der Waals surface area contributed by atoms with Gasteiger partial charge in [-0.1, -0.05) is 18.2 Å². The molecule has 0 unspecified atom stereocenters. The van der Waals surface area contributed by atoms with Crippen LogP contribution in [0.5, 0.6) is 5.88 Å². The summed E-state index contributed by atoms with van der Waals surface area (Å²) >= 11 is 0. The van der Waals surface area contributed by atoms with Gasteiger partial charge in [-0.3, -0.25) is 10.2 Å². The number of carbonyl (C=O) groups excluding carboxylic acids is 1. The first kappa shape index (κ1) is 20.1. The monoisotopic (exact) mass is 414 g/mol. The minimum Gasteiger partial charge on any atom is -0.480 e. The third kappa shape index (κ3) is 4.37. The second kappa shape index (κ2) is 8.66. The first-order valence-electron chi connectivity index (χ1n) is 9.76. The topological polar surface area (TPSA) is 130 Å². The van der Waals surface area contributed by atoms with E-state index in [1.54, 1.807) is 31.5 Å². The largest absolute Gasteiger partial charge is 0.480 e. The summed E-state index contributed by atoms with van der Waals surface area (Å²) in [6, 6.07) is 16.7. The van der Waals surface area contributed by atoms with Crippen LogP contribution in [0, 0.1) is 5.41 Å². The number of methoxy groups -OCH3 is 1. The van der Waals surface area contributed by atoms with Crippen LogP contribution in [0.1, 0.15) is 21.5 Å². The van der Waals surface area contributed by atoms with Crippen molar-refractivity contribution in [1.82, 2.24) is 20.5 Å². The van der Waals surface area contributed by atoms with Gasteiger partial charge in [0.1, 0.15) is 5.84 Å². The maximum absolute atomic E-state index is 12.5. The number of nitrogens with zero attached hydrogens (tertiary/aromatic N) is 2. The molecule has 2 aromatic carbocycles. The fraction of sp³-hybridized carbons (Fsp3) is 0.130. The van der Waals surface area contributed by atoms with Crippen molar-refractivity contribution in [2.24, 2.45) is 5.73 Å². The second-order valence-corrected chi connectivity index (χ2v) is 7.04. The van der Waals surface area contributed by atoms with Crippen molar-refractivity contribution in [2.75, 3.05) is 13.7 Å². The van der Waals surface area contributed by atoms with Crippen LogP contribution in [0.15, 0.2) is 60.8 Å². The summed E-state index contributed by atoms with van der Waals surface area (Å²) < 4.78 is 5.02. The summed E-state index contributed by atoms with van der Waals surface area (Å²) in [6.45, 7) is 0.496. The lowest BCUT2D eigenvalue weighted by Gasteiger charge is -2.07. The molecule has 8 heteroatoms. The molecule has 0 aliphatic heterocycles. The van der Waals surface area contributed by atoms with Crippen molar-refractivity contribution in [1.29, 1.82) is 5.41 Å². The SMILES string of the molecule is COc1ccc(-c2ccc(C(=O)NCCc3ccc4[nH]cc(C(=N)N)c4c3)cc2)nn1. The number of amides is 1. The fourth-order valence-electron chi connectivity index (χ4n) is 3.34. The summed E-state index contributed by atoms with van der Waals surface area (Å²) in [5.74, 6) is 0.341. The molecule has 5 N–H and O–H groups in total. The van der Waals surface area contributed by atoms with Crippen molar-refractivity contribution in [3.63, 3.8) is 0 Å². The zero-order valence-corrected chi connectivity index (χ0v) is 17.0. The Morgan fingerprint density at radius 1 is 1.13 bits per heavy atom. The number of H-pyrrole nitrogens is 1. The Morgan fingerprint density at radius 2 is 1.94 bits per heavy atom. The highest BCUT2D eigenvalue weighted by molar-refractivity contribution is 6.07. The molecule has 2 aromatic heterocycles. The van der Waals surface area contributed by atoms with Gasteiger partial charge in [0.25, 0.3) is 5.91 Å². The molecule has 0 radical (unpaired) electrons. The van der Waals surface area contributed by atoms with E-state index in [9.17, 15) is 4.79 Å². The van der Waals surface area contributed by atoms with Crippen molar-refractivity contribution < 1.29 is 9.53 Å². The molecule has 4 aromatic rings. The maximum atomic E-state index is 12.5. The van der Waals surface area contributed by atoms with Crippen molar-refractivity contribution in [2.45, 2.75) is 6.42 Å². The number of benzene rings is 2. The van der Waals surface area contributed by atoms with Gasteiger partial charge >= 0.3 is 0 Å². The van der Waals surface area contributed by atoms with Gasteiger partial charge in [-0.25, -0.2) is 0 Å². The van der Waals surface area contributed by atoms with Gasteiger partial charge in [0.2, 0.25) is 5.88 Å². The van der Waals surface area contributed by atoms with Crippen molar-refractivity contribution in [3.05, 3.63) is 77.5 Å². The number of amidine groups is 1. The standard InChI is InChI=1S/C23H22N6O2/c1-31-21-9-8-19(28-29-21)15-3-5-16(6-4-15)23(30)26-11-10-14-2-7-20-17(12-14)18(13-27-20)22(24)25/h2-9,12-13,27H,10-11H2,1H3,(H3,24,25)(H,26,30). The van der Waals surface area contributed by atoms with Crippen LogP contribution in [0.25, 0.3) is 22.2 Å². The zero-order chi connectivity index (χ0) is 21.8. The van der Waals surface area contributed by atoms with E-state index in [1.807, 2.05) is 36.4 Å². The number of hydrogen-bond donors (Lipinski definition) is 4. The molecule has 1 amide bonds. The van der Waals surface area contributed by atoms with Gasteiger partial charge in [-0.15, -0.1) is 10.2 Å². The molecular formula is C23H22N6O2. The van der Waals surface area contributed by atoms with Crippen LogP contribution in [-0.2, 0) is 6.42 Å². The van der Waals surface area contributed by atoms with Crippen LogP contribution in [0.2, 0.25) is 0 Å². The van der Waals surface area contributed by atoms with Crippen LogP contribution >= 0.6 is 0 Å². The average molecular weight is 414 g/mol. The second-order valence-electron chi connectivity index (χ2n) is 7.04. The van der Waals surface area contributed by atoms with E-state index in [-0.39, 0.29) is 11.7 Å². The minimum absolute atomic E-state index is 0.0285. The Hall–Kier alpha value is -4.20. The van der Waals surface area contributed by atoms with Gasteiger partial charge in [-0.2, -0.15) is 0 Å². The summed E-state index contributed by atoms with van der Waals surface area (Å²) in [5.41, 5.74) is 10.5. The molecule has 0 saturated carbocycles. The van der Waals surface area contributed by atoms with E-state index in [0.717, 1.165) is 22.0 Å². The molecule has 0 atom stereocenters. The van der Waals surface area contributed by atoms with Gasteiger partial charge in [0.15, 0.2) is 0 Å². The highest BCUT2D eigenvalue weighted by atomic mass is 16.5. The molecule has 31 heavy (non-hydrogen) atoms. The Morgan fingerprint density at radius 3 is 2.61 bits per heavy atom. The Kier molecular flexibility index (Phi) is 5.61. The number of nitrogen functional groups attached to an aromatic ring is 1. The Bertz CT molecular complexity index is 1230. The zero-order valence-electron chi connectivity index (χ0n) is 17.0. The predicted molar refractivity (Wildman–Crippen MR) is 119 cm³/mol. The molecule has 0 saturated heterocycles. The number of nitrogens with two attached hydrogens (primary N) is 1. The lowest BCUT2D eigenvalue weighted by molar-refractivity contribution is 0.0954. The van der Waals surface area contributed by atoms with E-state index in [0.29, 0.717) is 35.7 Å². The van der Waals surface area contributed by atoms with Crippen LogP contribution in [0.4, 0.5) is 0 Å². The number of ether oxygens (including phenoxy) is 1. The highest BCUT2D eigenvalue weighted by Gasteiger charge is 2.09. The third-order valence-electron chi connectivity index (χ3n) is 5.03. The molecule has 0 fully saturated rings. The average Bonchev–Trinajstić information content (AvgIpc) is 3.23. The number of nitrogens with one attached hydrogen (secondary N) is 3. The van der Waals surface area contributed by atoms with Crippen molar-refractivity contribution >= 4 is 22.6 Å². The van der Waals surface area contributed by atoms with Gasteiger partial charge in [0, 0.05) is 46.4 Å². The molecule has 0 aliphatic rings. The molecule has 8 nitrogen and oxygen atoms in total. The molecule has 0 bridgehead atoms. The van der Waals surface area contributed by atoms with E-state index in [2.05, 4.69) is 20.5 Å². The van der Waals surface area contributed by atoms with Crippen LogP contribution in [-0.4, -0.2) is 40.6 Å². The number of carbonyl (C=O) groups is 1. The minimum atomic E-state index is -0.139. The molecule has 156 valence electrons. The normalized spacial score (nSPS) is 10.7. The first-order valence-corrected chi connectivity index (χ1v) is 9.76. The van der Waals surface area contributed by atoms with E-state index in [1.165, 1.54) is 0 Å². The number of aromatic amines is 1. The van der Waals surface area contributed by atoms with Crippen LogP contribution < -0.4 is 15.8 Å². The van der Waals surface area contributed by atoms with Gasteiger partial charge in [-0.05, 0) is 42.3 Å². The number of rotatable bonds is 7. The summed E-state index contributed by atoms with van der Waals surface area (Å²) in [5, 5.41) is 19.6. The third-order valence-corrected chi connectivity index (χ3v) is 5.03. The highest BCUT2D eigenvalue weighted by Crippen LogP contribution is 2.20. The first-order chi connectivity index (χ1) is 15.0. The molecular weight excluding hydrogens is 392 g/mol. The molecule has 0 aliphatic carbocycles. The fourth-order valence-corrected chi connectivity index (χ4v) is 3.34. The molecule has 0 spiro atoms. The molecule has 2 heterocycles. The maximum Gasteiger partial charge on any atom is 0.251 e.